The van der Waals surface area contributed by atoms with Crippen molar-refractivity contribution in [1.29, 1.82) is 0 Å². The third-order valence-corrected chi connectivity index (χ3v) is 4.18. The van der Waals surface area contributed by atoms with Crippen LogP contribution in [0.2, 0.25) is 0 Å². The van der Waals surface area contributed by atoms with Gasteiger partial charge in [-0.2, -0.15) is 5.10 Å². The molecule has 0 unspecified atom stereocenters. The lowest BCUT2D eigenvalue weighted by Gasteiger charge is -2.08. The molecule has 1 amide bonds. The zero-order valence-corrected chi connectivity index (χ0v) is 14.3. The van der Waals surface area contributed by atoms with Crippen LogP contribution < -0.4 is 10.1 Å². The van der Waals surface area contributed by atoms with E-state index >= 15 is 0 Å². The number of para-hydroxylation sites is 2. The van der Waals surface area contributed by atoms with Crippen LogP contribution in [0.4, 0.5) is 5.69 Å². The molecule has 0 saturated heterocycles. The summed E-state index contributed by atoms with van der Waals surface area (Å²) in [6, 6.07) is 13.0. The molecule has 0 aliphatic heterocycles. The highest BCUT2D eigenvalue weighted by Crippen LogP contribution is 2.26. The van der Waals surface area contributed by atoms with Crippen LogP contribution in [0, 0.1) is 6.92 Å². The van der Waals surface area contributed by atoms with Crippen molar-refractivity contribution in [1.82, 2.24) is 20.2 Å². The predicted octanol–water partition coefficient (Wildman–Crippen LogP) is 3.52. The first-order valence-corrected chi connectivity index (χ1v) is 8.10. The highest BCUT2D eigenvalue weighted by atomic mass is 16.5. The van der Waals surface area contributed by atoms with Crippen molar-refractivity contribution in [3.8, 4) is 17.3 Å². The molecule has 2 heterocycles. The van der Waals surface area contributed by atoms with Crippen LogP contribution in [0.5, 0.6) is 5.75 Å². The Balaban J connectivity index is 1.64. The molecule has 0 spiro atoms. The topological polar surface area (TPSA) is 95.7 Å². The van der Waals surface area contributed by atoms with Crippen LogP contribution in [0.1, 0.15) is 15.9 Å². The molecule has 0 atom stereocenters. The fraction of sp³-hybridized carbons (Fsp3) is 0.105. The summed E-state index contributed by atoms with van der Waals surface area (Å²) < 4.78 is 5.18. The van der Waals surface area contributed by atoms with Crippen molar-refractivity contribution in [3.63, 3.8) is 0 Å². The third-order valence-electron chi connectivity index (χ3n) is 4.18. The summed E-state index contributed by atoms with van der Waals surface area (Å²) in [7, 11) is 1.60. The van der Waals surface area contributed by atoms with Crippen molar-refractivity contribution in [2.45, 2.75) is 6.92 Å². The van der Waals surface area contributed by atoms with E-state index in [0.29, 0.717) is 28.5 Å². The van der Waals surface area contributed by atoms with Crippen molar-refractivity contribution in [2.75, 3.05) is 12.4 Å². The second-order valence-corrected chi connectivity index (χ2v) is 5.89. The third kappa shape index (κ3) is 2.79. The zero-order valence-electron chi connectivity index (χ0n) is 14.3. The number of amides is 1. The van der Waals surface area contributed by atoms with Crippen molar-refractivity contribution < 1.29 is 9.53 Å². The lowest BCUT2D eigenvalue weighted by atomic mass is 10.1. The Morgan fingerprint density at radius 3 is 2.81 bits per heavy atom. The molecular weight excluding hydrogens is 330 g/mol. The summed E-state index contributed by atoms with van der Waals surface area (Å²) in [6.45, 7) is 1.87. The first-order valence-electron chi connectivity index (χ1n) is 8.10. The number of hydrogen-bond donors (Lipinski definition) is 3. The zero-order chi connectivity index (χ0) is 18.1. The molecule has 2 aromatic heterocycles. The second kappa shape index (κ2) is 6.36. The summed E-state index contributed by atoms with van der Waals surface area (Å²) in [5.74, 6) is 1.09. The Kier molecular flexibility index (Phi) is 3.89. The minimum Gasteiger partial charge on any atom is -0.497 e. The molecule has 4 rings (SSSR count). The summed E-state index contributed by atoms with van der Waals surface area (Å²) in [5, 5.41) is 9.91. The number of benzene rings is 2. The number of ether oxygens (including phenoxy) is 1. The SMILES string of the molecule is COc1ccc(C(=O)Nc2c[nH]nc2-c2nc3ccccc3[nH]2)c(C)c1. The summed E-state index contributed by atoms with van der Waals surface area (Å²) in [6.07, 6.45) is 1.64. The molecular formula is C19H17N5O2. The Labute approximate surface area is 149 Å². The number of aryl methyl sites for hydroxylation is 1. The first-order chi connectivity index (χ1) is 12.7. The molecule has 130 valence electrons. The lowest BCUT2D eigenvalue weighted by Crippen LogP contribution is -2.13. The number of nitrogens with one attached hydrogen (secondary N) is 3. The Bertz CT molecular complexity index is 1060. The molecule has 4 aromatic rings. The van der Waals surface area contributed by atoms with Crippen molar-refractivity contribution in [2.24, 2.45) is 0 Å². The van der Waals surface area contributed by atoms with E-state index in [0.717, 1.165) is 16.6 Å². The largest absolute Gasteiger partial charge is 0.497 e. The Morgan fingerprint density at radius 1 is 1.19 bits per heavy atom. The van der Waals surface area contributed by atoms with Gasteiger partial charge in [0.25, 0.3) is 5.91 Å². The van der Waals surface area contributed by atoms with E-state index < -0.39 is 0 Å². The number of rotatable bonds is 4. The number of carbonyl (C=O) groups is 1. The van der Waals surface area contributed by atoms with Crippen LogP contribution >= 0.6 is 0 Å². The molecule has 2 aromatic carbocycles. The van der Waals surface area contributed by atoms with E-state index in [1.165, 1.54) is 0 Å². The monoisotopic (exact) mass is 347 g/mol. The van der Waals surface area contributed by atoms with Gasteiger partial charge in [-0.25, -0.2) is 4.98 Å². The van der Waals surface area contributed by atoms with Crippen LogP contribution in [-0.4, -0.2) is 33.2 Å². The standard InChI is InChI=1S/C19H17N5O2/c1-11-9-12(26-2)7-8-13(11)19(25)23-16-10-20-24-17(16)18-21-14-5-3-4-6-15(14)22-18/h3-10H,1-2H3,(H,20,24)(H,21,22)(H,23,25). The number of fused-ring (bicyclic) bond motifs is 1. The molecule has 0 radical (unpaired) electrons. The highest BCUT2D eigenvalue weighted by Gasteiger charge is 2.17. The number of aromatic amines is 2. The van der Waals surface area contributed by atoms with Gasteiger partial charge in [0, 0.05) is 11.8 Å². The molecule has 7 heteroatoms. The van der Waals surface area contributed by atoms with E-state index in [-0.39, 0.29) is 5.91 Å². The highest BCUT2D eigenvalue weighted by molar-refractivity contribution is 6.06. The molecule has 3 N–H and O–H groups in total. The maximum atomic E-state index is 12.7. The maximum absolute atomic E-state index is 12.7. The van der Waals surface area contributed by atoms with E-state index in [1.54, 1.807) is 25.4 Å². The number of H-pyrrole nitrogens is 2. The second-order valence-electron chi connectivity index (χ2n) is 5.89. The fourth-order valence-electron chi connectivity index (χ4n) is 2.84. The number of carbonyl (C=O) groups excluding carboxylic acids is 1. The molecule has 0 bridgehead atoms. The predicted molar refractivity (Wildman–Crippen MR) is 99.4 cm³/mol. The van der Waals surface area contributed by atoms with Gasteiger partial charge in [-0.3, -0.25) is 9.89 Å². The average molecular weight is 347 g/mol. The van der Waals surface area contributed by atoms with Crippen LogP contribution in [0.15, 0.2) is 48.7 Å². The minimum absolute atomic E-state index is 0.219. The number of nitrogens with zero attached hydrogens (tertiary/aromatic N) is 2. The number of methoxy groups -OCH3 is 1. The van der Waals surface area contributed by atoms with Gasteiger partial charge in [-0.15, -0.1) is 0 Å². The summed E-state index contributed by atoms with van der Waals surface area (Å²) in [4.78, 5) is 20.4. The number of anilines is 1. The maximum Gasteiger partial charge on any atom is 0.256 e. The van der Waals surface area contributed by atoms with Gasteiger partial charge in [0.1, 0.15) is 5.75 Å². The van der Waals surface area contributed by atoms with Gasteiger partial charge in [-0.1, -0.05) is 12.1 Å². The molecule has 0 aliphatic rings. The van der Waals surface area contributed by atoms with Crippen molar-refractivity contribution in [3.05, 3.63) is 59.8 Å². The number of imidazole rings is 1. The molecule has 0 fully saturated rings. The van der Waals surface area contributed by atoms with E-state index in [2.05, 4.69) is 25.5 Å². The van der Waals surface area contributed by atoms with Gasteiger partial charge in [0.15, 0.2) is 11.5 Å². The van der Waals surface area contributed by atoms with Gasteiger partial charge < -0.3 is 15.0 Å². The van der Waals surface area contributed by atoms with Gasteiger partial charge in [0.05, 0.1) is 23.8 Å². The van der Waals surface area contributed by atoms with Gasteiger partial charge >= 0.3 is 0 Å². The normalized spacial score (nSPS) is 10.8. The molecule has 7 nitrogen and oxygen atoms in total. The van der Waals surface area contributed by atoms with Gasteiger partial charge in [-0.05, 0) is 42.8 Å². The Hall–Kier alpha value is -3.61. The average Bonchev–Trinajstić information content (AvgIpc) is 3.27. The molecule has 0 aliphatic carbocycles. The summed E-state index contributed by atoms with van der Waals surface area (Å²) >= 11 is 0. The van der Waals surface area contributed by atoms with Crippen LogP contribution in [-0.2, 0) is 0 Å². The van der Waals surface area contributed by atoms with Gasteiger partial charge in [0.2, 0.25) is 0 Å². The molecule has 0 saturated carbocycles. The van der Waals surface area contributed by atoms with Crippen LogP contribution in [0.3, 0.4) is 0 Å². The minimum atomic E-state index is -0.219. The lowest BCUT2D eigenvalue weighted by molar-refractivity contribution is 0.102. The van der Waals surface area contributed by atoms with E-state index in [9.17, 15) is 4.79 Å². The Morgan fingerprint density at radius 2 is 2.04 bits per heavy atom. The first kappa shape index (κ1) is 15.9. The van der Waals surface area contributed by atoms with E-state index in [4.69, 9.17) is 4.74 Å². The van der Waals surface area contributed by atoms with Crippen LogP contribution in [0.25, 0.3) is 22.6 Å². The smallest absolute Gasteiger partial charge is 0.256 e. The van der Waals surface area contributed by atoms with Crippen molar-refractivity contribution >= 4 is 22.6 Å². The fourth-order valence-corrected chi connectivity index (χ4v) is 2.84. The summed E-state index contributed by atoms with van der Waals surface area (Å²) in [5.41, 5.74) is 4.27. The molecule has 26 heavy (non-hydrogen) atoms. The van der Waals surface area contributed by atoms with E-state index in [1.807, 2.05) is 37.3 Å². The number of hydrogen-bond acceptors (Lipinski definition) is 4. The number of aromatic nitrogens is 4. The quantitative estimate of drug-likeness (QED) is 0.526.